The van der Waals surface area contributed by atoms with Crippen molar-refractivity contribution in [3.8, 4) is 5.75 Å². The number of amides is 2. The highest BCUT2D eigenvalue weighted by Gasteiger charge is 2.37. The molecule has 1 aromatic heterocycles. The van der Waals surface area contributed by atoms with Crippen molar-refractivity contribution in [3.05, 3.63) is 54.2 Å². The van der Waals surface area contributed by atoms with E-state index in [0.717, 1.165) is 43.5 Å². The molecule has 7 heteroatoms. The Morgan fingerprint density at radius 3 is 2.62 bits per heavy atom. The summed E-state index contributed by atoms with van der Waals surface area (Å²) >= 11 is 0. The zero-order chi connectivity index (χ0) is 22.5. The fourth-order valence-electron chi connectivity index (χ4n) is 4.80. The van der Waals surface area contributed by atoms with Crippen LogP contribution >= 0.6 is 0 Å². The van der Waals surface area contributed by atoms with Gasteiger partial charge in [-0.3, -0.25) is 14.5 Å². The molecule has 2 aliphatic rings. The number of nitrogens with one attached hydrogen (secondary N) is 1. The molecule has 170 valence electrons. The lowest BCUT2D eigenvalue weighted by Gasteiger charge is -2.35. The average Bonchev–Trinajstić information content (AvgIpc) is 2.78. The minimum Gasteiger partial charge on any atom is -0.472 e. The highest BCUT2D eigenvalue weighted by Crippen LogP contribution is 2.36. The quantitative estimate of drug-likeness (QED) is 0.676. The van der Waals surface area contributed by atoms with Gasteiger partial charge in [0.15, 0.2) is 11.6 Å². The second kappa shape index (κ2) is 10.1. The van der Waals surface area contributed by atoms with Crippen molar-refractivity contribution in [1.29, 1.82) is 0 Å². The molecule has 2 amide bonds. The van der Waals surface area contributed by atoms with Crippen molar-refractivity contribution in [2.45, 2.75) is 32.8 Å². The van der Waals surface area contributed by atoms with E-state index in [1.807, 2.05) is 30.3 Å². The molecule has 1 saturated heterocycles. The SMILES string of the molecule is C[C@@H]1C[C@H](C)CN(CCCNC(=O)CN2C(=O)[C@H](c3ccccc3)Oc3cccnc32)C1. The first kappa shape index (κ1) is 22.3. The summed E-state index contributed by atoms with van der Waals surface area (Å²) < 4.78 is 5.93. The lowest BCUT2D eigenvalue weighted by Crippen LogP contribution is -2.47. The van der Waals surface area contributed by atoms with E-state index in [0.29, 0.717) is 18.1 Å². The summed E-state index contributed by atoms with van der Waals surface area (Å²) in [7, 11) is 0. The molecule has 3 atom stereocenters. The normalized spacial score (nSPS) is 23.4. The molecule has 1 aromatic carbocycles. The van der Waals surface area contributed by atoms with Crippen molar-refractivity contribution in [2.24, 2.45) is 11.8 Å². The van der Waals surface area contributed by atoms with Crippen molar-refractivity contribution < 1.29 is 14.3 Å². The second-order valence-corrected chi connectivity index (χ2v) is 9.07. The summed E-state index contributed by atoms with van der Waals surface area (Å²) in [6, 6.07) is 12.9. The number of likely N-dealkylation sites (tertiary alicyclic amines) is 1. The molecule has 0 bridgehead atoms. The lowest BCUT2D eigenvalue weighted by molar-refractivity contribution is -0.129. The molecule has 3 heterocycles. The van der Waals surface area contributed by atoms with Gasteiger partial charge in [0.05, 0.1) is 0 Å². The first-order valence-electron chi connectivity index (χ1n) is 11.5. The maximum atomic E-state index is 13.2. The van der Waals surface area contributed by atoms with Gasteiger partial charge in [0, 0.05) is 31.4 Å². The van der Waals surface area contributed by atoms with Crippen molar-refractivity contribution >= 4 is 17.6 Å². The molecule has 32 heavy (non-hydrogen) atoms. The predicted molar refractivity (Wildman–Crippen MR) is 123 cm³/mol. The van der Waals surface area contributed by atoms with E-state index in [1.54, 1.807) is 18.3 Å². The molecule has 2 aliphatic heterocycles. The molecular weight excluding hydrogens is 404 g/mol. The number of carbonyl (C=O) groups is 2. The summed E-state index contributed by atoms with van der Waals surface area (Å²) in [5.74, 6) is 1.87. The second-order valence-electron chi connectivity index (χ2n) is 9.07. The molecule has 0 saturated carbocycles. The van der Waals surface area contributed by atoms with E-state index in [1.165, 1.54) is 11.3 Å². The van der Waals surface area contributed by atoms with Crippen LogP contribution in [-0.2, 0) is 9.59 Å². The number of hydrogen-bond acceptors (Lipinski definition) is 5. The van der Waals surface area contributed by atoms with Gasteiger partial charge in [-0.25, -0.2) is 4.98 Å². The Labute approximate surface area is 189 Å². The van der Waals surface area contributed by atoms with E-state index >= 15 is 0 Å². The molecular formula is C25H32N4O3. The van der Waals surface area contributed by atoms with Gasteiger partial charge in [0.2, 0.25) is 12.0 Å². The zero-order valence-electron chi connectivity index (χ0n) is 18.9. The number of ether oxygens (including phenoxy) is 1. The zero-order valence-corrected chi connectivity index (χ0v) is 18.9. The smallest absolute Gasteiger partial charge is 0.274 e. The van der Waals surface area contributed by atoms with Gasteiger partial charge in [-0.15, -0.1) is 0 Å². The molecule has 1 N–H and O–H groups in total. The van der Waals surface area contributed by atoms with Crippen LogP contribution in [0.4, 0.5) is 5.82 Å². The maximum absolute atomic E-state index is 13.2. The van der Waals surface area contributed by atoms with E-state index in [4.69, 9.17) is 4.74 Å². The van der Waals surface area contributed by atoms with Gasteiger partial charge in [-0.2, -0.15) is 0 Å². The fraction of sp³-hybridized carbons (Fsp3) is 0.480. The van der Waals surface area contributed by atoms with Crippen LogP contribution in [0.1, 0.15) is 38.4 Å². The van der Waals surface area contributed by atoms with Gasteiger partial charge in [-0.05, 0) is 43.4 Å². The van der Waals surface area contributed by atoms with Crippen LogP contribution in [0.15, 0.2) is 48.7 Å². The standard InChI is InChI=1S/C25H32N4O3/c1-18-14-19(2)16-28(15-18)13-7-12-26-22(30)17-29-24-21(10-6-11-27-24)32-23(25(29)31)20-8-4-3-5-9-20/h3-6,8-11,18-19,23H,7,12-17H2,1-2H3,(H,26,30)/t18-,19+,23-/m0/s1. The third kappa shape index (κ3) is 5.27. The minimum absolute atomic E-state index is 0.0761. The van der Waals surface area contributed by atoms with Crippen molar-refractivity contribution in [1.82, 2.24) is 15.2 Å². The Hall–Kier alpha value is -2.93. The van der Waals surface area contributed by atoms with Crippen LogP contribution in [0.3, 0.4) is 0 Å². The Kier molecular flexibility index (Phi) is 7.05. The lowest BCUT2D eigenvalue weighted by atomic mass is 9.92. The molecule has 1 fully saturated rings. The fourth-order valence-corrected chi connectivity index (χ4v) is 4.80. The van der Waals surface area contributed by atoms with Crippen LogP contribution < -0.4 is 15.0 Å². The third-order valence-corrected chi connectivity index (χ3v) is 6.06. The maximum Gasteiger partial charge on any atom is 0.274 e. The summed E-state index contributed by atoms with van der Waals surface area (Å²) in [5, 5.41) is 2.97. The molecule has 4 rings (SSSR count). The van der Waals surface area contributed by atoms with Crippen LogP contribution in [-0.4, -0.2) is 54.4 Å². The predicted octanol–water partition coefficient (Wildman–Crippen LogP) is 3.03. The monoisotopic (exact) mass is 436 g/mol. The van der Waals surface area contributed by atoms with Gasteiger partial charge in [0.25, 0.3) is 5.91 Å². The van der Waals surface area contributed by atoms with Gasteiger partial charge in [0.1, 0.15) is 6.54 Å². The Morgan fingerprint density at radius 1 is 1.12 bits per heavy atom. The van der Waals surface area contributed by atoms with Crippen molar-refractivity contribution in [3.63, 3.8) is 0 Å². The highest BCUT2D eigenvalue weighted by molar-refractivity contribution is 6.03. The Morgan fingerprint density at radius 2 is 1.88 bits per heavy atom. The molecule has 2 aromatic rings. The summed E-state index contributed by atoms with van der Waals surface area (Å²) in [5.41, 5.74) is 0.752. The number of anilines is 1. The van der Waals surface area contributed by atoms with Crippen LogP contribution in [0, 0.1) is 11.8 Å². The van der Waals surface area contributed by atoms with Gasteiger partial charge >= 0.3 is 0 Å². The largest absolute Gasteiger partial charge is 0.472 e. The first-order chi connectivity index (χ1) is 15.5. The number of rotatable bonds is 7. The average molecular weight is 437 g/mol. The van der Waals surface area contributed by atoms with E-state index < -0.39 is 6.10 Å². The summed E-state index contributed by atoms with van der Waals surface area (Å²) in [6.45, 7) is 8.36. The summed E-state index contributed by atoms with van der Waals surface area (Å²) in [6.07, 6.45) is 3.00. The number of pyridine rings is 1. The molecule has 0 aliphatic carbocycles. The molecule has 0 spiro atoms. The van der Waals surface area contributed by atoms with E-state index in [2.05, 4.69) is 29.0 Å². The van der Waals surface area contributed by atoms with E-state index in [9.17, 15) is 9.59 Å². The van der Waals surface area contributed by atoms with Gasteiger partial charge in [-0.1, -0.05) is 44.2 Å². The number of aromatic nitrogens is 1. The number of nitrogens with zero attached hydrogens (tertiary/aromatic N) is 3. The number of benzene rings is 1. The Balaban J connectivity index is 1.34. The highest BCUT2D eigenvalue weighted by atomic mass is 16.5. The minimum atomic E-state index is -0.788. The number of piperidine rings is 1. The van der Waals surface area contributed by atoms with E-state index in [-0.39, 0.29) is 18.4 Å². The third-order valence-electron chi connectivity index (χ3n) is 6.06. The summed E-state index contributed by atoms with van der Waals surface area (Å²) in [4.78, 5) is 34.1. The molecule has 0 unspecified atom stereocenters. The Bertz CT molecular complexity index is 926. The number of fused-ring (bicyclic) bond motifs is 1. The van der Waals surface area contributed by atoms with Crippen LogP contribution in [0.2, 0.25) is 0 Å². The first-order valence-corrected chi connectivity index (χ1v) is 11.5. The number of hydrogen-bond donors (Lipinski definition) is 1. The van der Waals surface area contributed by atoms with Crippen molar-refractivity contribution in [2.75, 3.05) is 37.6 Å². The number of carbonyl (C=O) groups excluding carboxylic acids is 2. The molecule has 0 radical (unpaired) electrons. The van der Waals surface area contributed by atoms with Crippen LogP contribution in [0.5, 0.6) is 5.75 Å². The topological polar surface area (TPSA) is 74.8 Å². The van der Waals surface area contributed by atoms with Gasteiger partial charge < -0.3 is 15.0 Å². The van der Waals surface area contributed by atoms with Crippen LogP contribution in [0.25, 0.3) is 0 Å². The molecule has 7 nitrogen and oxygen atoms in total.